The molecule has 0 saturated heterocycles. The molecule has 1 atom stereocenters. The van der Waals surface area contributed by atoms with Crippen LogP contribution in [0.2, 0.25) is 5.02 Å². The van der Waals surface area contributed by atoms with Crippen molar-refractivity contribution in [1.29, 1.82) is 0 Å². The standard InChI is InChI=1S/C22H19ClN4O3/c1-2-5-26-12-16(11-25-26)27-19-7-15(23)3-4-17(19)22(21(27)30)8-13-6-14(20(28)29)10-24-18(13)9-22/h3-4,6-7,10-12H,2,5,8-9H2,1H3,(H,28,29). The van der Waals surface area contributed by atoms with Crippen molar-refractivity contribution < 1.29 is 14.7 Å². The van der Waals surface area contributed by atoms with Gasteiger partial charge in [0.2, 0.25) is 5.91 Å². The highest BCUT2D eigenvalue weighted by Gasteiger charge is 2.55. The van der Waals surface area contributed by atoms with Crippen molar-refractivity contribution in [1.82, 2.24) is 14.8 Å². The molecule has 152 valence electrons. The molecular formula is C22H19ClN4O3. The summed E-state index contributed by atoms with van der Waals surface area (Å²) in [6.07, 6.45) is 6.69. The Morgan fingerprint density at radius 1 is 1.27 bits per heavy atom. The molecular weight excluding hydrogens is 404 g/mol. The molecule has 30 heavy (non-hydrogen) atoms. The number of carboxylic acids is 1. The van der Waals surface area contributed by atoms with E-state index in [0.717, 1.165) is 35.5 Å². The Morgan fingerprint density at radius 3 is 2.87 bits per heavy atom. The number of carboxylic acid groups (broad SMARTS) is 1. The van der Waals surface area contributed by atoms with E-state index in [2.05, 4.69) is 17.0 Å². The van der Waals surface area contributed by atoms with Crippen LogP contribution in [0.3, 0.4) is 0 Å². The van der Waals surface area contributed by atoms with Gasteiger partial charge in [-0.15, -0.1) is 0 Å². The van der Waals surface area contributed by atoms with Gasteiger partial charge in [0.1, 0.15) is 0 Å². The Labute approximate surface area is 177 Å². The van der Waals surface area contributed by atoms with E-state index < -0.39 is 11.4 Å². The maximum atomic E-state index is 13.9. The summed E-state index contributed by atoms with van der Waals surface area (Å²) in [6.45, 7) is 2.84. The highest BCUT2D eigenvalue weighted by molar-refractivity contribution is 6.31. The largest absolute Gasteiger partial charge is 0.478 e. The molecule has 0 fully saturated rings. The van der Waals surface area contributed by atoms with E-state index in [9.17, 15) is 14.7 Å². The van der Waals surface area contributed by atoms with Crippen molar-refractivity contribution in [2.24, 2.45) is 0 Å². The van der Waals surface area contributed by atoms with Crippen molar-refractivity contribution in [2.75, 3.05) is 4.90 Å². The fraction of sp³-hybridized carbons (Fsp3) is 0.273. The smallest absolute Gasteiger partial charge is 0.337 e. The quantitative estimate of drug-likeness (QED) is 0.691. The molecule has 8 heteroatoms. The van der Waals surface area contributed by atoms with E-state index in [0.29, 0.717) is 23.6 Å². The number of hydrogen-bond donors (Lipinski definition) is 1. The minimum atomic E-state index is -1.03. The fourth-order valence-electron chi connectivity index (χ4n) is 4.59. The van der Waals surface area contributed by atoms with Crippen LogP contribution in [0.25, 0.3) is 0 Å². The van der Waals surface area contributed by atoms with Crippen molar-refractivity contribution in [3.8, 4) is 0 Å². The highest BCUT2D eigenvalue weighted by Crippen LogP contribution is 2.52. The summed E-state index contributed by atoms with van der Waals surface area (Å²) in [5.74, 6) is -1.09. The Balaban J connectivity index is 1.62. The number of aryl methyl sites for hydroxylation is 1. The summed E-state index contributed by atoms with van der Waals surface area (Å²) in [5, 5.41) is 14.2. The normalized spacial score (nSPS) is 19.4. The summed E-state index contributed by atoms with van der Waals surface area (Å²) in [7, 11) is 0. The number of hydrogen-bond acceptors (Lipinski definition) is 4. The van der Waals surface area contributed by atoms with E-state index in [4.69, 9.17) is 11.6 Å². The Morgan fingerprint density at radius 2 is 2.10 bits per heavy atom. The third-order valence-corrected chi connectivity index (χ3v) is 6.16. The molecule has 0 saturated carbocycles. The molecule has 1 amide bonds. The zero-order valence-electron chi connectivity index (χ0n) is 16.3. The van der Waals surface area contributed by atoms with E-state index in [1.807, 2.05) is 16.9 Å². The number of amides is 1. The average Bonchev–Trinajstić information content (AvgIpc) is 3.38. The maximum absolute atomic E-state index is 13.9. The first-order valence-electron chi connectivity index (χ1n) is 9.81. The Kier molecular flexibility index (Phi) is 4.18. The molecule has 2 aromatic heterocycles. The van der Waals surface area contributed by atoms with Crippen LogP contribution in [-0.4, -0.2) is 31.7 Å². The number of carbonyl (C=O) groups excluding carboxylic acids is 1. The van der Waals surface area contributed by atoms with Crippen molar-refractivity contribution in [3.63, 3.8) is 0 Å². The monoisotopic (exact) mass is 422 g/mol. The van der Waals surface area contributed by atoms with Gasteiger partial charge in [0, 0.05) is 36.1 Å². The zero-order chi connectivity index (χ0) is 21.0. The summed E-state index contributed by atoms with van der Waals surface area (Å²) >= 11 is 6.28. The second kappa shape index (κ2) is 6.67. The maximum Gasteiger partial charge on any atom is 0.337 e. The molecule has 1 aromatic carbocycles. The molecule has 5 rings (SSSR count). The predicted molar refractivity (Wildman–Crippen MR) is 111 cm³/mol. The third-order valence-electron chi connectivity index (χ3n) is 5.93. The van der Waals surface area contributed by atoms with Crippen LogP contribution in [-0.2, 0) is 29.6 Å². The van der Waals surface area contributed by atoms with E-state index in [1.165, 1.54) is 6.20 Å². The second-order valence-corrected chi connectivity index (χ2v) is 8.27. The van der Waals surface area contributed by atoms with E-state index in [1.54, 1.807) is 29.3 Å². The average molecular weight is 423 g/mol. The van der Waals surface area contributed by atoms with Gasteiger partial charge in [-0.05, 0) is 42.2 Å². The van der Waals surface area contributed by atoms with Gasteiger partial charge in [-0.2, -0.15) is 5.10 Å². The number of benzene rings is 1. The molecule has 0 bridgehead atoms. The molecule has 3 heterocycles. The lowest BCUT2D eigenvalue weighted by molar-refractivity contribution is -0.122. The summed E-state index contributed by atoms with van der Waals surface area (Å²) in [4.78, 5) is 31.3. The Bertz CT molecular complexity index is 1200. The van der Waals surface area contributed by atoms with Crippen molar-refractivity contribution in [2.45, 2.75) is 38.1 Å². The van der Waals surface area contributed by atoms with Gasteiger partial charge in [-0.1, -0.05) is 24.6 Å². The molecule has 1 aliphatic heterocycles. The SMILES string of the molecule is CCCn1cc(N2C(=O)C3(Cc4cc(C(=O)O)cnc4C3)c3ccc(Cl)cc32)cn1. The third kappa shape index (κ3) is 2.65. The molecule has 1 unspecified atom stereocenters. The lowest BCUT2D eigenvalue weighted by atomic mass is 9.79. The van der Waals surface area contributed by atoms with Crippen LogP contribution >= 0.6 is 11.6 Å². The second-order valence-electron chi connectivity index (χ2n) is 7.83. The Hall–Kier alpha value is -3.19. The predicted octanol–water partition coefficient (Wildman–Crippen LogP) is 3.75. The first-order chi connectivity index (χ1) is 14.4. The van der Waals surface area contributed by atoms with Crippen LogP contribution in [0, 0.1) is 0 Å². The number of rotatable bonds is 4. The van der Waals surface area contributed by atoms with Crippen LogP contribution in [0.15, 0.2) is 42.9 Å². The van der Waals surface area contributed by atoms with Gasteiger partial charge in [0.15, 0.2) is 0 Å². The number of nitrogens with zero attached hydrogens (tertiary/aromatic N) is 4. The topological polar surface area (TPSA) is 88.3 Å². The summed E-state index contributed by atoms with van der Waals surface area (Å²) in [6, 6.07) is 7.12. The van der Waals surface area contributed by atoms with Crippen LogP contribution in [0.1, 0.15) is 40.5 Å². The van der Waals surface area contributed by atoms with Crippen LogP contribution in [0.4, 0.5) is 11.4 Å². The van der Waals surface area contributed by atoms with Gasteiger partial charge < -0.3 is 5.11 Å². The van der Waals surface area contributed by atoms with Gasteiger partial charge in [-0.3, -0.25) is 19.4 Å². The van der Waals surface area contributed by atoms with Gasteiger partial charge in [0.05, 0.1) is 28.6 Å². The van der Waals surface area contributed by atoms with Crippen LogP contribution in [0.5, 0.6) is 0 Å². The molecule has 1 spiro atoms. The van der Waals surface area contributed by atoms with Crippen molar-refractivity contribution in [3.05, 3.63) is 70.3 Å². The summed E-state index contributed by atoms with van der Waals surface area (Å²) < 4.78 is 1.82. The lowest BCUT2D eigenvalue weighted by Crippen LogP contribution is -2.39. The molecule has 7 nitrogen and oxygen atoms in total. The minimum absolute atomic E-state index is 0.0642. The van der Waals surface area contributed by atoms with Gasteiger partial charge in [0.25, 0.3) is 0 Å². The zero-order valence-corrected chi connectivity index (χ0v) is 17.1. The summed E-state index contributed by atoms with van der Waals surface area (Å²) in [5.41, 5.74) is 3.20. The van der Waals surface area contributed by atoms with Crippen LogP contribution < -0.4 is 4.90 Å². The first kappa shape index (κ1) is 18.8. The van der Waals surface area contributed by atoms with E-state index in [-0.39, 0.29) is 11.5 Å². The number of aromatic carboxylic acids is 1. The van der Waals surface area contributed by atoms with Gasteiger partial charge in [-0.25, -0.2) is 4.79 Å². The molecule has 1 aliphatic carbocycles. The number of pyridine rings is 1. The number of halogens is 1. The molecule has 3 aromatic rings. The lowest BCUT2D eigenvalue weighted by Gasteiger charge is -2.22. The fourth-order valence-corrected chi connectivity index (χ4v) is 4.76. The van der Waals surface area contributed by atoms with E-state index >= 15 is 0 Å². The molecule has 1 N–H and O–H groups in total. The minimum Gasteiger partial charge on any atom is -0.478 e. The number of anilines is 2. The molecule has 2 aliphatic rings. The molecule has 0 radical (unpaired) electrons. The van der Waals surface area contributed by atoms with Gasteiger partial charge >= 0.3 is 5.97 Å². The number of carbonyl (C=O) groups is 2. The highest BCUT2D eigenvalue weighted by atomic mass is 35.5. The van der Waals surface area contributed by atoms with Crippen molar-refractivity contribution >= 4 is 34.9 Å². The number of fused-ring (bicyclic) bond motifs is 3. The number of aromatic nitrogens is 3. The first-order valence-corrected chi connectivity index (χ1v) is 10.2.